The molecule has 7 heteroatoms. The lowest BCUT2D eigenvalue weighted by molar-refractivity contribution is -0.00510. The zero-order chi connectivity index (χ0) is 16.6. The topological polar surface area (TPSA) is 87.3 Å². The molecule has 130 valence electrons. The van der Waals surface area contributed by atoms with Crippen molar-refractivity contribution in [2.45, 2.75) is 56.5 Å². The lowest BCUT2D eigenvalue weighted by Gasteiger charge is -2.38. The highest BCUT2D eigenvalue weighted by Gasteiger charge is 2.45. The van der Waals surface area contributed by atoms with Crippen LogP contribution >= 0.6 is 0 Å². The number of carbonyl (C=O) groups excluding carboxylic acids is 2. The van der Waals surface area contributed by atoms with E-state index in [-0.39, 0.29) is 12.0 Å². The zero-order valence-corrected chi connectivity index (χ0v) is 13.8. The molecule has 3 fully saturated rings. The molecule has 0 bridgehead atoms. The third kappa shape index (κ3) is 2.76. The minimum Gasteiger partial charge on any atom is -0.439 e. The highest BCUT2D eigenvalue weighted by atomic mass is 16.6. The SMILES string of the molecule is O=C1NC[C@@]2(CCCN(C(=O)c3cn[nH]c3C3CCCCC3)C2)O1. The first-order valence-corrected chi connectivity index (χ1v) is 8.96. The van der Waals surface area contributed by atoms with E-state index in [1.54, 1.807) is 6.20 Å². The molecule has 2 amide bonds. The van der Waals surface area contributed by atoms with Crippen LogP contribution in [-0.2, 0) is 4.74 Å². The molecule has 3 aliphatic rings. The van der Waals surface area contributed by atoms with Crippen LogP contribution in [0.1, 0.15) is 66.9 Å². The number of hydrogen-bond acceptors (Lipinski definition) is 4. The predicted molar refractivity (Wildman–Crippen MR) is 86.8 cm³/mol. The second kappa shape index (κ2) is 6.11. The van der Waals surface area contributed by atoms with Gasteiger partial charge in [0.25, 0.3) is 5.91 Å². The summed E-state index contributed by atoms with van der Waals surface area (Å²) in [5.74, 6) is 0.413. The predicted octanol–water partition coefficient (Wildman–Crippen LogP) is 2.17. The molecule has 4 rings (SSSR count). The highest BCUT2D eigenvalue weighted by molar-refractivity contribution is 5.95. The van der Waals surface area contributed by atoms with Crippen molar-refractivity contribution in [2.24, 2.45) is 0 Å². The third-order valence-corrected chi connectivity index (χ3v) is 5.60. The van der Waals surface area contributed by atoms with Gasteiger partial charge in [-0.15, -0.1) is 0 Å². The van der Waals surface area contributed by atoms with Gasteiger partial charge in [-0.3, -0.25) is 9.89 Å². The Bertz CT molecular complexity index is 638. The first-order valence-electron chi connectivity index (χ1n) is 8.96. The van der Waals surface area contributed by atoms with Crippen molar-refractivity contribution in [3.05, 3.63) is 17.5 Å². The normalized spacial score (nSPS) is 28.0. The van der Waals surface area contributed by atoms with E-state index in [9.17, 15) is 9.59 Å². The fourth-order valence-corrected chi connectivity index (χ4v) is 4.34. The highest BCUT2D eigenvalue weighted by Crippen LogP contribution is 2.34. The maximum absolute atomic E-state index is 13.1. The third-order valence-electron chi connectivity index (χ3n) is 5.60. The van der Waals surface area contributed by atoms with Crippen molar-refractivity contribution in [2.75, 3.05) is 19.6 Å². The fourth-order valence-electron chi connectivity index (χ4n) is 4.34. The van der Waals surface area contributed by atoms with E-state index >= 15 is 0 Å². The largest absolute Gasteiger partial charge is 0.439 e. The van der Waals surface area contributed by atoms with Gasteiger partial charge in [0.1, 0.15) is 5.60 Å². The molecule has 2 aliphatic heterocycles. The van der Waals surface area contributed by atoms with Crippen molar-refractivity contribution >= 4 is 12.0 Å². The van der Waals surface area contributed by atoms with E-state index in [1.165, 1.54) is 19.3 Å². The Morgan fingerprint density at radius 2 is 2.12 bits per heavy atom. The molecule has 1 aromatic heterocycles. The standard InChI is InChI=1S/C17H24N4O3/c22-15(13-9-19-20-14(13)12-5-2-1-3-6-12)21-8-4-7-17(11-21)10-18-16(23)24-17/h9,12H,1-8,10-11H2,(H,18,23)(H,19,20)/t17-/m1/s1. The Hall–Kier alpha value is -2.05. The number of carbonyl (C=O) groups is 2. The van der Waals surface area contributed by atoms with E-state index in [2.05, 4.69) is 15.5 Å². The Morgan fingerprint density at radius 1 is 1.29 bits per heavy atom. The summed E-state index contributed by atoms with van der Waals surface area (Å²) in [6, 6.07) is 0. The lowest BCUT2D eigenvalue weighted by Crippen LogP contribution is -2.52. The molecular weight excluding hydrogens is 308 g/mol. The van der Waals surface area contributed by atoms with Crippen molar-refractivity contribution in [1.29, 1.82) is 0 Å². The van der Waals surface area contributed by atoms with Crippen molar-refractivity contribution in [3.8, 4) is 0 Å². The number of amides is 2. The van der Waals surface area contributed by atoms with Gasteiger partial charge < -0.3 is 15.0 Å². The van der Waals surface area contributed by atoms with Crippen LogP contribution in [0.5, 0.6) is 0 Å². The average Bonchev–Trinajstić information content (AvgIpc) is 3.22. The first kappa shape index (κ1) is 15.5. The van der Waals surface area contributed by atoms with Gasteiger partial charge in [-0.25, -0.2) is 4.79 Å². The number of piperidine rings is 1. The summed E-state index contributed by atoms with van der Waals surface area (Å²) in [6.07, 6.45) is 8.87. The molecule has 7 nitrogen and oxygen atoms in total. The van der Waals surface area contributed by atoms with Gasteiger partial charge in [0.2, 0.25) is 0 Å². The summed E-state index contributed by atoms with van der Waals surface area (Å²) in [4.78, 5) is 26.3. The molecule has 24 heavy (non-hydrogen) atoms. The van der Waals surface area contributed by atoms with E-state index < -0.39 is 5.60 Å². The molecular formula is C17H24N4O3. The molecule has 1 spiro atoms. The monoisotopic (exact) mass is 332 g/mol. The molecule has 0 unspecified atom stereocenters. The second-order valence-electron chi connectivity index (χ2n) is 7.29. The lowest BCUT2D eigenvalue weighted by atomic mass is 9.85. The van der Waals surface area contributed by atoms with Crippen molar-refractivity contribution in [3.63, 3.8) is 0 Å². The maximum atomic E-state index is 13.1. The number of H-pyrrole nitrogens is 1. The summed E-state index contributed by atoms with van der Waals surface area (Å²) in [5.41, 5.74) is 1.12. The van der Waals surface area contributed by atoms with Crippen LogP contribution in [0.3, 0.4) is 0 Å². The minimum absolute atomic E-state index is 0.00588. The van der Waals surface area contributed by atoms with Gasteiger partial charge in [-0.05, 0) is 25.7 Å². The van der Waals surface area contributed by atoms with Crippen LogP contribution in [0.2, 0.25) is 0 Å². The summed E-state index contributed by atoms with van der Waals surface area (Å²) in [7, 11) is 0. The van der Waals surface area contributed by atoms with Crippen molar-refractivity contribution in [1.82, 2.24) is 20.4 Å². The Kier molecular flexibility index (Phi) is 3.94. The smallest absolute Gasteiger partial charge is 0.407 e. The Morgan fingerprint density at radius 3 is 2.88 bits per heavy atom. The molecule has 3 heterocycles. The number of likely N-dealkylation sites (tertiary alicyclic amines) is 1. The molecule has 0 radical (unpaired) electrons. The minimum atomic E-state index is -0.556. The van der Waals surface area contributed by atoms with Crippen molar-refractivity contribution < 1.29 is 14.3 Å². The van der Waals surface area contributed by atoms with Gasteiger partial charge in [-0.1, -0.05) is 19.3 Å². The van der Waals surface area contributed by atoms with Crippen LogP contribution in [0.25, 0.3) is 0 Å². The van der Waals surface area contributed by atoms with Gasteiger partial charge in [0.15, 0.2) is 0 Å². The van der Waals surface area contributed by atoms with E-state index in [4.69, 9.17) is 4.74 Å². The van der Waals surface area contributed by atoms with Gasteiger partial charge in [0.05, 0.1) is 30.5 Å². The van der Waals surface area contributed by atoms with Crippen LogP contribution in [-0.4, -0.2) is 52.3 Å². The van der Waals surface area contributed by atoms with Crippen LogP contribution in [0.4, 0.5) is 4.79 Å². The van der Waals surface area contributed by atoms with Gasteiger partial charge >= 0.3 is 6.09 Å². The Labute approximate surface area is 141 Å². The fraction of sp³-hybridized carbons (Fsp3) is 0.706. The quantitative estimate of drug-likeness (QED) is 0.869. The number of aromatic amines is 1. The number of alkyl carbamates (subject to hydrolysis) is 1. The van der Waals surface area contributed by atoms with Crippen LogP contribution in [0.15, 0.2) is 6.20 Å². The molecule has 1 atom stereocenters. The molecule has 1 saturated carbocycles. The summed E-state index contributed by atoms with van der Waals surface area (Å²) in [6.45, 7) is 1.64. The number of hydrogen-bond donors (Lipinski definition) is 2. The van der Waals surface area contributed by atoms with E-state index in [1.807, 2.05) is 4.90 Å². The molecule has 1 aliphatic carbocycles. The number of nitrogens with one attached hydrogen (secondary N) is 2. The second-order valence-corrected chi connectivity index (χ2v) is 7.29. The first-order chi connectivity index (χ1) is 11.7. The van der Waals surface area contributed by atoms with E-state index in [0.29, 0.717) is 31.1 Å². The summed E-state index contributed by atoms with van der Waals surface area (Å²) in [5, 5.41) is 9.93. The van der Waals surface area contributed by atoms with Gasteiger partial charge in [0, 0.05) is 12.5 Å². The molecule has 2 N–H and O–H groups in total. The zero-order valence-electron chi connectivity index (χ0n) is 13.8. The number of ether oxygens (including phenoxy) is 1. The average molecular weight is 332 g/mol. The maximum Gasteiger partial charge on any atom is 0.407 e. The number of rotatable bonds is 2. The van der Waals surface area contributed by atoms with Gasteiger partial charge in [-0.2, -0.15) is 5.10 Å². The van der Waals surface area contributed by atoms with E-state index in [0.717, 1.165) is 31.4 Å². The molecule has 0 aromatic carbocycles. The molecule has 2 saturated heterocycles. The van der Waals surface area contributed by atoms with Crippen LogP contribution in [0, 0.1) is 0 Å². The number of nitrogens with zero attached hydrogens (tertiary/aromatic N) is 2. The van der Waals surface area contributed by atoms with Crippen LogP contribution < -0.4 is 5.32 Å². The summed E-state index contributed by atoms with van der Waals surface area (Å²) >= 11 is 0. The Balaban J connectivity index is 1.51. The molecule has 1 aromatic rings. The number of aromatic nitrogens is 2. The summed E-state index contributed by atoms with van der Waals surface area (Å²) < 4.78 is 5.47.